The summed E-state index contributed by atoms with van der Waals surface area (Å²) in [6.45, 7) is 19.6. The molecule has 0 fully saturated rings. The molecule has 0 aromatic heterocycles. The van der Waals surface area contributed by atoms with Crippen LogP contribution in [0.1, 0.15) is 55.4 Å². The maximum Gasteiger partial charge on any atom is -0.0401 e. The van der Waals surface area contributed by atoms with Crippen molar-refractivity contribution < 1.29 is 0 Å². The van der Waals surface area contributed by atoms with Crippen molar-refractivity contribution in [1.29, 1.82) is 0 Å². The van der Waals surface area contributed by atoms with Crippen LogP contribution in [-0.2, 0) is 0 Å². The average molecular weight is 172 g/mol. The molecule has 0 aliphatic rings. The summed E-state index contributed by atoms with van der Waals surface area (Å²) >= 11 is 0. The van der Waals surface area contributed by atoms with Gasteiger partial charge in [-0.3, -0.25) is 0 Å². The molecule has 0 aliphatic carbocycles. The van der Waals surface area contributed by atoms with Gasteiger partial charge in [0, 0.05) is 0 Å². The van der Waals surface area contributed by atoms with E-state index < -0.39 is 0 Å². The van der Waals surface area contributed by atoms with E-state index >= 15 is 0 Å². The molecule has 0 saturated heterocycles. The summed E-state index contributed by atoms with van der Waals surface area (Å²) in [4.78, 5) is 0. The molecule has 0 saturated carbocycles. The van der Waals surface area contributed by atoms with Crippen LogP contribution in [0.4, 0.5) is 0 Å². The van der Waals surface area contributed by atoms with E-state index in [0.717, 1.165) is 0 Å². The third-order valence-electron chi connectivity index (χ3n) is 0.777. The molecule has 0 N–H and O–H groups in total. The lowest BCUT2D eigenvalue weighted by molar-refractivity contribution is 1.49. The summed E-state index contributed by atoms with van der Waals surface area (Å²) in [5.41, 5.74) is 1.23. The second kappa shape index (κ2) is 46.9. The molecule has 0 aromatic rings. The molecule has 0 amide bonds. The highest BCUT2D eigenvalue weighted by Crippen LogP contribution is 1.88. The van der Waals surface area contributed by atoms with E-state index in [0.29, 0.717) is 0 Å². The van der Waals surface area contributed by atoms with Gasteiger partial charge in [0.05, 0.1) is 0 Å². The lowest BCUT2D eigenvalue weighted by Gasteiger charge is -1.78. The van der Waals surface area contributed by atoms with Crippen LogP contribution in [0.15, 0.2) is 24.3 Å². The number of hydrogen-bond donors (Lipinski definition) is 0. The molecule has 0 unspecified atom stereocenters. The Morgan fingerprint density at radius 1 is 0.917 bits per heavy atom. The molecule has 0 heterocycles. The van der Waals surface area contributed by atoms with Gasteiger partial charge in [0.2, 0.25) is 0 Å². The standard InChI is InChI=1S/C6H10.3C2H6/c1-4-6(3)5-2;3*1-2/h4-5H,1H2,2-3H3;3*1-2H3/b6-5-;;;. The first-order valence-corrected chi connectivity index (χ1v) is 5.06. The smallest absolute Gasteiger partial charge is 0.0401 e. The number of rotatable bonds is 1. The van der Waals surface area contributed by atoms with Crippen LogP contribution in [0.5, 0.6) is 0 Å². The van der Waals surface area contributed by atoms with Gasteiger partial charge in [-0.1, -0.05) is 65.8 Å². The SMILES string of the molecule is C=C/C(C)=C\C.CC.CC.CC. The van der Waals surface area contributed by atoms with Crippen molar-refractivity contribution in [3.63, 3.8) is 0 Å². The topological polar surface area (TPSA) is 0 Å². The number of allylic oxidation sites excluding steroid dienone is 3. The first-order valence-electron chi connectivity index (χ1n) is 5.06. The van der Waals surface area contributed by atoms with Gasteiger partial charge >= 0.3 is 0 Å². The van der Waals surface area contributed by atoms with E-state index in [4.69, 9.17) is 0 Å². The van der Waals surface area contributed by atoms with Crippen LogP contribution in [0.2, 0.25) is 0 Å². The summed E-state index contributed by atoms with van der Waals surface area (Å²) in [7, 11) is 0. The van der Waals surface area contributed by atoms with Crippen LogP contribution in [0.3, 0.4) is 0 Å². The predicted molar refractivity (Wildman–Crippen MR) is 63.7 cm³/mol. The molecular weight excluding hydrogens is 144 g/mol. The Labute approximate surface area is 80.4 Å². The quantitative estimate of drug-likeness (QED) is 0.476. The fourth-order valence-electron chi connectivity index (χ4n) is 0.118. The third-order valence-corrected chi connectivity index (χ3v) is 0.777. The molecule has 76 valence electrons. The number of hydrogen-bond acceptors (Lipinski definition) is 0. The van der Waals surface area contributed by atoms with E-state index in [1.54, 1.807) is 0 Å². The van der Waals surface area contributed by atoms with Crippen molar-refractivity contribution in [3.05, 3.63) is 24.3 Å². The Morgan fingerprint density at radius 2 is 1.17 bits per heavy atom. The lowest BCUT2D eigenvalue weighted by atomic mass is 10.3. The largest absolute Gasteiger partial charge is 0.0988 e. The highest BCUT2D eigenvalue weighted by Gasteiger charge is 1.66. The second-order valence-electron chi connectivity index (χ2n) is 1.24. The van der Waals surface area contributed by atoms with Crippen LogP contribution in [-0.4, -0.2) is 0 Å². The first-order chi connectivity index (χ1) is 5.81. The molecular formula is C12H28. The van der Waals surface area contributed by atoms with Gasteiger partial charge in [-0.25, -0.2) is 0 Å². The van der Waals surface area contributed by atoms with E-state index in [2.05, 4.69) is 6.58 Å². The third kappa shape index (κ3) is 56.3. The maximum atomic E-state index is 3.56. The first kappa shape index (κ1) is 22.5. The monoisotopic (exact) mass is 172 g/mol. The van der Waals surface area contributed by atoms with Gasteiger partial charge in [-0.15, -0.1) is 0 Å². The van der Waals surface area contributed by atoms with Crippen molar-refractivity contribution in [3.8, 4) is 0 Å². The maximum absolute atomic E-state index is 3.56. The molecule has 0 spiro atoms. The lowest BCUT2D eigenvalue weighted by Crippen LogP contribution is -1.57. The summed E-state index contributed by atoms with van der Waals surface area (Å²) in [6.07, 6.45) is 3.85. The molecule has 0 atom stereocenters. The normalized spacial score (nSPS) is 7.17. The Morgan fingerprint density at radius 3 is 1.17 bits per heavy atom. The van der Waals surface area contributed by atoms with Crippen LogP contribution >= 0.6 is 0 Å². The van der Waals surface area contributed by atoms with Crippen molar-refractivity contribution in [2.45, 2.75) is 55.4 Å². The van der Waals surface area contributed by atoms with Crippen molar-refractivity contribution in [1.82, 2.24) is 0 Å². The van der Waals surface area contributed by atoms with Crippen molar-refractivity contribution in [2.75, 3.05) is 0 Å². The zero-order valence-electron chi connectivity index (χ0n) is 10.4. The van der Waals surface area contributed by atoms with E-state index in [1.807, 2.05) is 67.5 Å². The van der Waals surface area contributed by atoms with Gasteiger partial charge in [-0.05, 0) is 13.8 Å². The van der Waals surface area contributed by atoms with Gasteiger partial charge < -0.3 is 0 Å². The summed E-state index contributed by atoms with van der Waals surface area (Å²) in [5, 5.41) is 0. The van der Waals surface area contributed by atoms with Crippen LogP contribution < -0.4 is 0 Å². The minimum Gasteiger partial charge on any atom is -0.0988 e. The zero-order valence-corrected chi connectivity index (χ0v) is 10.4. The van der Waals surface area contributed by atoms with E-state index in [9.17, 15) is 0 Å². The van der Waals surface area contributed by atoms with Crippen molar-refractivity contribution in [2.24, 2.45) is 0 Å². The van der Waals surface area contributed by atoms with Gasteiger partial charge in [-0.2, -0.15) is 0 Å². The average Bonchev–Trinajstić information content (AvgIpc) is 2.25. The molecule has 0 radical (unpaired) electrons. The molecule has 0 bridgehead atoms. The molecule has 0 aromatic carbocycles. The Balaban J connectivity index is -0.0000000453. The Bertz CT molecular complexity index is 68.1. The van der Waals surface area contributed by atoms with Crippen LogP contribution in [0.25, 0.3) is 0 Å². The fraction of sp³-hybridized carbons (Fsp3) is 0.667. The molecule has 0 aliphatic heterocycles. The minimum absolute atomic E-state index is 1.23. The zero-order chi connectivity index (χ0) is 11.0. The minimum atomic E-state index is 1.23. The second-order valence-corrected chi connectivity index (χ2v) is 1.24. The molecule has 12 heavy (non-hydrogen) atoms. The summed E-state index contributed by atoms with van der Waals surface area (Å²) in [6, 6.07) is 0. The van der Waals surface area contributed by atoms with E-state index in [-0.39, 0.29) is 0 Å². The highest BCUT2D eigenvalue weighted by atomic mass is 13.7. The molecule has 0 rings (SSSR count). The molecule has 0 heteroatoms. The Hall–Kier alpha value is -0.520. The van der Waals surface area contributed by atoms with Crippen LogP contribution in [0, 0.1) is 0 Å². The van der Waals surface area contributed by atoms with E-state index in [1.165, 1.54) is 5.57 Å². The Kier molecular flexibility index (Phi) is 88.1. The van der Waals surface area contributed by atoms with Gasteiger partial charge in [0.15, 0.2) is 0 Å². The summed E-state index contributed by atoms with van der Waals surface area (Å²) < 4.78 is 0. The highest BCUT2D eigenvalue weighted by molar-refractivity contribution is 5.10. The molecule has 0 nitrogen and oxygen atoms in total. The summed E-state index contributed by atoms with van der Waals surface area (Å²) in [5.74, 6) is 0. The fourth-order valence-corrected chi connectivity index (χ4v) is 0.118. The van der Waals surface area contributed by atoms with Gasteiger partial charge in [0.25, 0.3) is 0 Å². The van der Waals surface area contributed by atoms with Gasteiger partial charge in [0.1, 0.15) is 0 Å². The van der Waals surface area contributed by atoms with Crippen molar-refractivity contribution >= 4 is 0 Å². The predicted octanol–water partition coefficient (Wildman–Crippen LogP) is 5.22.